The second-order valence-electron chi connectivity index (χ2n) is 15.8. The van der Waals surface area contributed by atoms with Crippen LogP contribution in [0.3, 0.4) is 0 Å². The van der Waals surface area contributed by atoms with Crippen LogP contribution in [0.5, 0.6) is 0 Å². The second kappa shape index (κ2) is 24.3. The van der Waals surface area contributed by atoms with Crippen molar-refractivity contribution in [3.05, 3.63) is 0 Å². The number of methoxy groups -OCH3 is 3. The number of carbonyl (C=O) groups excluding carboxylic acids is 5. The Kier molecular flexibility index (Phi) is 21.4. The monoisotopic (exact) mass is 865 g/mol. The van der Waals surface area contributed by atoms with Gasteiger partial charge in [-0.05, 0) is 47.2 Å². The van der Waals surface area contributed by atoms with Crippen LogP contribution in [0.15, 0.2) is 0 Å². The topological polar surface area (TPSA) is 248 Å². The Morgan fingerprint density at radius 2 is 1.52 bits per heavy atom. The summed E-state index contributed by atoms with van der Waals surface area (Å²) in [6, 6.07) is -0.871. The molecule has 2 aliphatic heterocycles. The van der Waals surface area contributed by atoms with Crippen LogP contribution in [0.25, 0.3) is 0 Å². The third kappa shape index (κ3) is 14.9. The number of likely N-dealkylation sites (N-methyl/N-ethyl adjacent to an activating group) is 1. The molecule has 20 nitrogen and oxygen atoms in total. The molecule has 2 heterocycles. The molecule has 0 aromatic rings. The summed E-state index contributed by atoms with van der Waals surface area (Å²) in [4.78, 5) is 74.8. The van der Waals surface area contributed by atoms with Crippen LogP contribution in [-0.4, -0.2) is 172 Å². The number of carboxylic acid groups (broad SMARTS) is 1. The van der Waals surface area contributed by atoms with Crippen LogP contribution < -0.4 is 0 Å². The standard InChI is InChI=1S/C40H67NO19/c1-14-30(48)57-38-22(4)53-32(18-40(38,8)60-25(7)45)58-35-21(3)54-39(34(49)33(35)41(9)10)59-36(37(52-13)27(17-29(46)47)55-23(5)43)26(16-31(50-11)51-12)15-20(2)28(19-42)56-24(6)44/h19-22,26-28,31-39,49H,14-18H2,1-13H3,(H,46,47)/t20?,21-,22+,26-,27-,28?,32?,33-,34-,35-,36+,37+,38+,39?,40-/m1/s1. The van der Waals surface area contributed by atoms with Gasteiger partial charge in [-0.15, -0.1) is 0 Å². The number of esters is 4. The predicted octanol–water partition coefficient (Wildman–Crippen LogP) is 1.77. The first-order valence-electron chi connectivity index (χ1n) is 20.0. The fourth-order valence-electron chi connectivity index (χ4n) is 8.04. The maximum Gasteiger partial charge on any atom is 0.307 e. The molecule has 346 valence electrons. The SMILES string of the molecule is CCC(=O)O[C@H]1[C@H](C)OC(O[C@H]2[C@H](N(C)C)[C@@H](O)C(O[C@@H]([C@@H](CC(OC)OC)CC(C)C(C=O)OC(C)=O)[C@@H](OC)[C@@H](CC(=O)O)OC(C)=O)O[C@@H]2C)C[C@@]1(C)OC(C)=O. The van der Waals surface area contributed by atoms with Gasteiger partial charge >= 0.3 is 29.8 Å². The minimum Gasteiger partial charge on any atom is -0.481 e. The number of ether oxygens (including phenoxy) is 11. The van der Waals surface area contributed by atoms with E-state index in [4.69, 9.17) is 52.1 Å². The number of hydrogen-bond acceptors (Lipinski definition) is 19. The zero-order valence-corrected chi connectivity index (χ0v) is 37.1. The van der Waals surface area contributed by atoms with Crippen molar-refractivity contribution < 1.29 is 91.1 Å². The van der Waals surface area contributed by atoms with Crippen molar-refractivity contribution in [3.63, 3.8) is 0 Å². The first-order chi connectivity index (χ1) is 28.0. The zero-order chi connectivity index (χ0) is 45.6. The number of carbonyl (C=O) groups is 6. The number of rotatable bonds is 24. The number of carboxylic acids is 1. The number of aliphatic hydroxyl groups excluding tert-OH is 1. The van der Waals surface area contributed by atoms with Crippen LogP contribution >= 0.6 is 0 Å². The lowest BCUT2D eigenvalue weighted by Gasteiger charge is -2.51. The smallest absolute Gasteiger partial charge is 0.307 e. The van der Waals surface area contributed by atoms with Gasteiger partial charge in [0.05, 0.1) is 30.8 Å². The third-order valence-corrected chi connectivity index (χ3v) is 10.7. The number of hydrogen-bond donors (Lipinski definition) is 2. The van der Waals surface area contributed by atoms with Crippen molar-refractivity contribution >= 4 is 36.1 Å². The zero-order valence-electron chi connectivity index (χ0n) is 37.1. The largest absolute Gasteiger partial charge is 0.481 e. The lowest BCUT2D eigenvalue weighted by Crippen LogP contribution is -2.66. The summed E-state index contributed by atoms with van der Waals surface area (Å²) in [6.07, 6.45) is -13.7. The second-order valence-corrected chi connectivity index (χ2v) is 15.8. The molecule has 0 radical (unpaired) electrons. The van der Waals surface area contributed by atoms with Gasteiger partial charge in [-0.3, -0.25) is 28.8 Å². The van der Waals surface area contributed by atoms with Gasteiger partial charge in [0.1, 0.15) is 24.4 Å². The highest BCUT2D eigenvalue weighted by atomic mass is 16.7. The van der Waals surface area contributed by atoms with Crippen molar-refractivity contribution in [1.82, 2.24) is 4.90 Å². The molecule has 2 rings (SSSR count). The highest BCUT2D eigenvalue weighted by Gasteiger charge is 2.54. The summed E-state index contributed by atoms with van der Waals surface area (Å²) in [7, 11) is 7.48. The van der Waals surface area contributed by atoms with Gasteiger partial charge in [0, 0.05) is 67.3 Å². The highest BCUT2D eigenvalue weighted by molar-refractivity contribution is 5.71. The Morgan fingerprint density at radius 3 is 2.00 bits per heavy atom. The van der Waals surface area contributed by atoms with Gasteiger partial charge in [0.15, 0.2) is 43.0 Å². The maximum atomic E-state index is 12.3. The number of aliphatic carboxylic acids is 1. The van der Waals surface area contributed by atoms with E-state index in [2.05, 4.69) is 0 Å². The van der Waals surface area contributed by atoms with Crippen molar-refractivity contribution in [1.29, 1.82) is 0 Å². The molecule has 2 aliphatic rings. The average Bonchev–Trinajstić information content (AvgIpc) is 3.14. The fourth-order valence-corrected chi connectivity index (χ4v) is 8.04. The van der Waals surface area contributed by atoms with E-state index in [9.17, 15) is 39.0 Å². The molecule has 0 amide bonds. The van der Waals surface area contributed by atoms with Gasteiger partial charge in [-0.1, -0.05) is 13.8 Å². The molecule has 0 aromatic heterocycles. The Balaban J connectivity index is 2.65. The highest BCUT2D eigenvalue weighted by Crippen LogP contribution is 2.39. The lowest BCUT2D eigenvalue weighted by atomic mass is 9.82. The molecule has 0 aromatic carbocycles. The van der Waals surface area contributed by atoms with Crippen LogP contribution in [0, 0.1) is 11.8 Å². The van der Waals surface area contributed by atoms with Gasteiger partial charge < -0.3 is 67.2 Å². The van der Waals surface area contributed by atoms with Crippen LogP contribution in [-0.2, 0) is 80.9 Å². The van der Waals surface area contributed by atoms with Crippen molar-refractivity contribution in [2.45, 2.75) is 173 Å². The van der Waals surface area contributed by atoms with Gasteiger partial charge in [-0.2, -0.15) is 0 Å². The Bertz CT molecular complexity index is 1390. The summed E-state index contributed by atoms with van der Waals surface area (Å²) in [6.45, 7) is 11.8. The number of aliphatic hydroxyl groups is 1. The van der Waals surface area contributed by atoms with Crippen molar-refractivity contribution in [2.24, 2.45) is 11.8 Å². The molecule has 0 aliphatic carbocycles. The number of aldehydes is 1. The van der Waals surface area contributed by atoms with E-state index in [1.807, 2.05) is 0 Å². The first kappa shape index (κ1) is 52.8. The molecule has 0 bridgehead atoms. The van der Waals surface area contributed by atoms with Gasteiger partial charge in [-0.25, -0.2) is 0 Å². The van der Waals surface area contributed by atoms with E-state index in [-0.39, 0.29) is 25.7 Å². The quantitative estimate of drug-likeness (QED) is 0.0607. The van der Waals surface area contributed by atoms with E-state index in [0.29, 0.717) is 6.29 Å². The molecule has 60 heavy (non-hydrogen) atoms. The molecule has 20 heteroatoms. The summed E-state index contributed by atoms with van der Waals surface area (Å²) in [5.74, 6) is -5.39. The van der Waals surface area contributed by atoms with E-state index in [1.54, 1.807) is 53.6 Å². The fraction of sp³-hybridized carbons (Fsp3) is 0.850. The molecular formula is C40H67NO19. The predicted molar refractivity (Wildman–Crippen MR) is 207 cm³/mol. The van der Waals surface area contributed by atoms with Crippen molar-refractivity contribution in [3.8, 4) is 0 Å². The van der Waals surface area contributed by atoms with Crippen LogP contribution in [0.4, 0.5) is 0 Å². The van der Waals surface area contributed by atoms with E-state index < -0.39 is 134 Å². The third-order valence-electron chi connectivity index (χ3n) is 10.7. The minimum atomic E-state index is -1.49. The van der Waals surface area contributed by atoms with Gasteiger partial charge in [0.25, 0.3) is 0 Å². The Morgan fingerprint density at radius 1 is 0.900 bits per heavy atom. The average molecular weight is 866 g/mol. The summed E-state index contributed by atoms with van der Waals surface area (Å²) in [5, 5.41) is 22.0. The summed E-state index contributed by atoms with van der Waals surface area (Å²) in [5.41, 5.74) is -1.35. The summed E-state index contributed by atoms with van der Waals surface area (Å²) < 4.78 is 64.8. The molecule has 0 spiro atoms. The van der Waals surface area contributed by atoms with Gasteiger partial charge in [0.2, 0.25) is 0 Å². The molecule has 2 fully saturated rings. The Hall–Kier alpha value is -3.34. The van der Waals surface area contributed by atoms with Crippen molar-refractivity contribution in [2.75, 3.05) is 35.4 Å². The molecule has 2 N–H and O–H groups in total. The normalized spacial score (nSPS) is 30.0. The minimum absolute atomic E-state index is 0.0292. The molecule has 4 unspecified atom stereocenters. The molecule has 0 saturated carbocycles. The molecule has 2 saturated heterocycles. The van der Waals surface area contributed by atoms with E-state index in [1.165, 1.54) is 28.3 Å². The summed E-state index contributed by atoms with van der Waals surface area (Å²) >= 11 is 0. The molecular weight excluding hydrogens is 798 g/mol. The lowest BCUT2D eigenvalue weighted by molar-refractivity contribution is -0.345. The van der Waals surface area contributed by atoms with Crippen LogP contribution in [0.2, 0.25) is 0 Å². The van der Waals surface area contributed by atoms with Crippen LogP contribution in [0.1, 0.15) is 87.5 Å². The first-order valence-corrected chi connectivity index (χ1v) is 20.0. The molecule has 15 atom stereocenters. The van der Waals surface area contributed by atoms with E-state index >= 15 is 0 Å². The Labute approximate surface area is 352 Å². The number of nitrogens with zero attached hydrogens (tertiary/aromatic N) is 1. The van der Waals surface area contributed by atoms with E-state index in [0.717, 1.165) is 13.8 Å². The maximum absolute atomic E-state index is 12.3.